The summed E-state index contributed by atoms with van der Waals surface area (Å²) in [6.07, 6.45) is 0.273. The molecule has 0 unspecified atom stereocenters. The SMILES string of the molecule is N[C@@H](CS)C(=O)OC(=O)[C@@H](N)CS.N[C@@H](Cc1ccc(O)cc1)C(=O)O. The number of phenolic OH excluding ortho intramolecular Hbond substituents is 1. The number of ether oxygens (including phenoxy) is 1. The van der Waals surface area contributed by atoms with Gasteiger partial charge in [0.15, 0.2) is 0 Å². The summed E-state index contributed by atoms with van der Waals surface area (Å²) in [7, 11) is 0. The summed E-state index contributed by atoms with van der Waals surface area (Å²) in [6, 6.07) is 3.62. The van der Waals surface area contributed by atoms with E-state index in [1.165, 1.54) is 12.1 Å². The number of phenols is 1. The summed E-state index contributed by atoms with van der Waals surface area (Å²) in [6.45, 7) is 0. The van der Waals surface area contributed by atoms with Gasteiger partial charge in [0, 0.05) is 11.5 Å². The Kier molecular flexibility index (Phi) is 11.7. The van der Waals surface area contributed by atoms with Gasteiger partial charge < -0.3 is 32.2 Å². The number of carboxylic acid groups (broad SMARTS) is 1. The average Bonchev–Trinajstić information content (AvgIpc) is 2.62. The number of rotatable bonds is 7. The molecule has 3 atom stereocenters. The number of carbonyl (C=O) groups is 3. The molecule has 0 fully saturated rings. The number of carboxylic acids is 1. The molecule has 0 aliphatic rings. The number of aliphatic carboxylic acids is 1. The molecule has 0 bridgehead atoms. The Morgan fingerprint density at radius 1 is 0.923 bits per heavy atom. The highest BCUT2D eigenvalue weighted by Crippen LogP contribution is 2.10. The third kappa shape index (κ3) is 9.63. The van der Waals surface area contributed by atoms with Crippen LogP contribution in [0.4, 0.5) is 0 Å². The van der Waals surface area contributed by atoms with E-state index < -0.39 is 36.0 Å². The summed E-state index contributed by atoms with van der Waals surface area (Å²) >= 11 is 7.54. The Hall–Kier alpha value is -1.79. The molecular weight excluding hydrogens is 382 g/mol. The number of nitrogens with two attached hydrogens (primary N) is 3. The van der Waals surface area contributed by atoms with E-state index >= 15 is 0 Å². The van der Waals surface area contributed by atoms with E-state index in [0.717, 1.165) is 5.56 Å². The van der Waals surface area contributed by atoms with Gasteiger partial charge in [-0.25, -0.2) is 9.59 Å². The molecule has 0 radical (unpaired) electrons. The molecule has 0 aromatic heterocycles. The van der Waals surface area contributed by atoms with Crippen LogP contribution in [0.1, 0.15) is 5.56 Å². The minimum absolute atomic E-state index is 0.113. The second-order valence-electron chi connectivity index (χ2n) is 5.13. The maximum absolute atomic E-state index is 10.9. The van der Waals surface area contributed by atoms with E-state index in [2.05, 4.69) is 30.0 Å². The first kappa shape index (κ1) is 24.2. The minimum Gasteiger partial charge on any atom is -0.508 e. The maximum Gasteiger partial charge on any atom is 0.331 e. The van der Waals surface area contributed by atoms with Gasteiger partial charge >= 0.3 is 17.9 Å². The van der Waals surface area contributed by atoms with Crippen LogP contribution >= 0.6 is 25.3 Å². The zero-order chi connectivity index (χ0) is 20.3. The molecule has 26 heavy (non-hydrogen) atoms. The van der Waals surface area contributed by atoms with Gasteiger partial charge in [-0.1, -0.05) is 12.1 Å². The molecule has 1 aromatic rings. The molecule has 0 heterocycles. The summed E-state index contributed by atoms with van der Waals surface area (Å²) in [5, 5.41) is 17.5. The van der Waals surface area contributed by atoms with Gasteiger partial charge in [0.25, 0.3) is 0 Å². The Labute approximate surface area is 161 Å². The van der Waals surface area contributed by atoms with Gasteiger partial charge in [0.05, 0.1) is 0 Å². The van der Waals surface area contributed by atoms with Crippen molar-refractivity contribution in [2.75, 3.05) is 11.5 Å². The Bertz CT molecular complexity index is 580. The number of hydrogen-bond donors (Lipinski definition) is 7. The predicted molar refractivity (Wildman–Crippen MR) is 102 cm³/mol. The van der Waals surface area contributed by atoms with E-state index in [1.54, 1.807) is 12.1 Å². The van der Waals surface area contributed by atoms with Crippen molar-refractivity contribution in [3.63, 3.8) is 0 Å². The Morgan fingerprint density at radius 3 is 1.69 bits per heavy atom. The van der Waals surface area contributed by atoms with Crippen molar-refractivity contribution < 1.29 is 29.3 Å². The molecule has 1 aromatic carbocycles. The van der Waals surface area contributed by atoms with Crippen molar-refractivity contribution in [1.82, 2.24) is 0 Å². The first-order valence-corrected chi connectivity index (χ1v) is 8.63. The highest BCUT2D eigenvalue weighted by molar-refractivity contribution is 7.80. The lowest BCUT2D eigenvalue weighted by Crippen LogP contribution is -2.41. The van der Waals surface area contributed by atoms with Crippen LogP contribution in [0, 0.1) is 0 Å². The van der Waals surface area contributed by atoms with Crippen LogP contribution < -0.4 is 17.2 Å². The predicted octanol–water partition coefficient (Wildman–Crippen LogP) is -1.08. The smallest absolute Gasteiger partial charge is 0.331 e. The highest BCUT2D eigenvalue weighted by Gasteiger charge is 2.21. The lowest BCUT2D eigenvalue weighted by atomic mass is 10.1. The largest absolute Gasteiger partial charge is 0.508 e. The quantitative estimate of drug-likeness (QED) is 0.169. The molecule has 0 amide bonds. The van der Waals surface area contributed by atoms with E-state index in [0.29, 0.717) is 0 Å². The Balaban J connectivity index is 0.000000481. The molecular formula is C15H23N3O6S2. The zero-order valence-corrected chi connectivity index (χ0v) is 15.6. The van der Waals surface area contributed by atoms with Crippen LogP contribution in [0.3, 0.4) is 0 Å². The molecule has 0 saturated heterocycles. The molecule has 1 rings (SSSR count). The first-order valence-electron chi connectivity index (χ1n) is 7.37. The standard InChI is InChI=1S/C9H11NO3.C6H12N2O3S2/c10-8(9(12)13)5-6-1-3-7(11)4-2-6;7-3(1-12)5(9)11-6(10)4(8)2-13/h1-4,8,11H,5,10H2,(H,12,13);3-4,12-13H,1-2,7-8H2/t8-;3-,4-/m00/s1. The van der Waals surface area contributed by atoms with Crippen molar-refractivity contribution in [2.24, 2.45) is 17.2 Å². The fraction of sp³-hybridized carbons (Fsp3) is 0.400. The second-order valence-corrected chi connectivity index (χ2v) is 5.86. The van der Waals surface area contributed by atoms with E-state index in [1.807, 2.05) is 0 Å². The van der Waals surface area contributed by atoms with Crippen LogP contribution in [0.15, 0.2) is 24.3 Å². The zero-order valence-electron chi connectivity index (χ0n) is 13.8. The number of benzene rings is 1. The molecule has 0 spiro atoms. The van der Waals surface area contributed by atoms with Gasteiger partial charge in [0.2, 0.25) is 0 Å². The third-order valence-electron chi connectivity index (χ3n) is 2.91. The van der Waals surface area contributed by atoms with Gasteiger partial charge in [-0.05, 0) is 24.1 Å². The summed E-state index contributed by atoms with van der Waals surface area (Å²) in [4.78, 5) is 32.2. The molecule has 0 aliphatic carbocycles. The van der Waals surface area contributed by atoms with Crippen LogP contribution in [0.5, 0.6) is 5.75 Å². The summed E-state index contributed by atoms with van der Waals surface area (Å²) in [5.41, 5.74) is 16.6. The van der Waals surface area contributed by atoms with Gasteiger partial charge in [-0.15, -0.1) is 0 Å². The average molecular weight is 405 g/mol. The topological polar surface area (TPSA) is 179 Å². The number of carbonyl (C=O) groups excluding carboxylic acids is 2. The van der Waals surface area contributed by atoms with Crippen molar-refractivity contribution in [2.45, 2.75) is 24.5 Å². The minimum atomic E-state index is -1.02. The summed E-state index contributed by atoms with van der Waals surface area (Å²) < 4.78 is 4.33. The first-order chi connectivity index (χ1) is 12.1. The van der Waals surface area contributed by atoms with Crippen LogP contribution in [0.2, 0.25) is 0 Å². The molecule has 8 N–H and O–H groups in total. The fourth-order valence-corrected chi connectivity index (χ4v) is 1.67. The van der Waals surface area contributed by atoms with Crippen molar-refractivity contribution in [3.05, 3.63) is 29.8 Å². The van der Waals surface area contributed by atoms with Gasteiger partial charge in [0.1, 0.15) is 23.9 Å². The van der Waals surface area contributed by atoms with Gasteiger partial charge in [-0.2, -0.15) is 25.3 Å². The third-order valence-corrected chi connectivity index (χ3v) is 3.70. The molecule has 146 valence electrons. The normalized spacial score (nSPS) is 13.6. The number of esters is 2. The molecule has 0 aliphatic heterocycles. The number of thiol groups is 2. The van der Waals surface area contributed by atoms with Crippen LogP contribution in [-0.2, 0) is 25.5 Å². The molecule has 11 heteroatoms. The second kappa shape index (κ2) is 12.5. The van der Waals surface area contributed by atoms with Crippen LogP contribution in [0.25, 0.3) is 0 Å². The molecule has 0 saturated carbocycles. The van der Waals surface area contributed by atoms with E-state index in [-0.39, 0.29) is 23.7 Å². The number of hydrogen-bond acceptors (Lipinski definition) is 10. The maximum atomic E-state index is 10.9. The monoisotopic (exact) mass is 405 g/mol. The van der Waals surface area contributed by atoms with Crippen LogP contribution in [-0.4, -0.2) is 57.8 Å². The lowest BCUT2D eigenvalue weighted by molar-refractivity contribution is -0.160. The fourth-order valence-electron chi connectivity index (χ4n) is 1.37. The van der Waals surface area contributed by atoms with Crippen molar-refractivity contribution in [3.8, 4) is 5.75 Å². The van der Waals surface area contributed by atoms with Crippen molar-refractivity contribution >= 4 is 43.2 Å². The van der Waals surface area contributed by atoms with E-state index in [9.17, 15) is 14.4 Å². The lowest BCUT2D eigenvalue weighted by Gasteiger charge is -2.09. The molecule has 9 nitrogen and oxygen atoms in total. The Morgan fingerprint density at radius 2 is 1.35 bits per heavy atom. The van der Waals surface area contributed by atoms with Gasteiger partial charge in [-0.3, -0.25) is 4.79 Å². The summed E-state index contributed by atoms with van der Waals surface area (Å²) in [5.74, 6) is -2.28. The number of aromatic hydroxyl groups is 1. The highest BCUT2D eigenvalue weighted by atomic mass is 32.1. The van der Waals surface area contributed by atoms with Crippen molar-refractivity contribution in [1.29, 1.82) is 0 Å². The van der Waals surface area contributed by atoms with E-state index in [4.69, 9.17) is 27.4 Å².